The van der Waals surface area contributed by atoms with Crippen LogP contribution < -0.4 is 0 Å². The molecule has 0 bridgehead atoms. The topological polar surface area (TPSA) is 9.23 Å². The molecule has 72 valence electrons. The maximum absolute atomic E-state index is 6.15. The van der Waals surface area contributed by atoms with Crippen molar-refractivity contribution < 1.29 is 4.74 Å². The number of ether oxygens (including phenoxy) is 1. The van der Waals surface area contributed by atoms with Crippen molar-refractivity contribution in [3.8, 4) is 0 Å². The molecular formula is C9H19ClOSi. The third-order valence-corrected chi connectivity index (χ3v) is 6.94. The van der Waals surface area contributed by atoms with Crippen molar-refractivity contribution in [1.82, 2.24) is 0 Å². The Morgan fingerprint density at radius 3 is 2.33 bits per heavy atom. The Morgan fingerprint density at radius 2 is 2.00 bits per heavy atom. The Morgan fingerprint density at radius 1 is 1.42 bits per heavy atom. The van der Waals surface area contributed by atoms with Crippen LogP contribution in [0.5, 0.6) is 0 Å². The van der Waals surface area contributed by atoms with Crippen LogP contribution >= 0.6 is 11.6 Å². The van der Waals surface area contributed by atoms with E-state index in [0.29, 0.717) is 5.38 Å². The molecule has 1 aliphatic rings. The molecule has 2 unspecified atom stereocenters. The molecule has 1 heterocycles. The van der Waals surface area contributed by atoms with E-state index in [1.807, 2.05) is 0 Å². The summed E-state index contributed by atoms with van der Waals surface area (Å²) in [5.41, 5.74) is 0. The van der Waals surface area contributed by atoms with E-state index in [2.05, 4.69) is 26.6 Å². The minimum absolute atomic E-state index is 0.0949. The molecular weight excluding hydrogens is 188 g/mol. The summed E-state index contributed by atoms with van der Waals surface area (Å²) in [6.45, 7) is 10.1. The predicted molar refractivity (Wildman–Crippen MR) is 56.6 cm³/mol. The fourth-order valence-electron chi connectivity index (χ4n) is 1.52. The van der Waals surface area contributed by atoms with Crippen LogP contribution in [0.4, 0.5) is 0 Å². The lowest BCUT2D eigenvalue weighted by Crippen LogP contribution is -2.55. The number of rotatable bonds is 1. The van der Waals surface area contributed by atoms with Gasteiger partial charge in [0.15, 0.2) is 0 Å². The summed E-state index contributed by atoms with van der Waals surface area (Å²) in [6, 6.07) is 0. The molecule has 0 aromatic rings. The third-order valence-electron chi connectivity index (χ3n) is 3.05. The lowest BCUT2D eigenvalue weighted by molar-refractivity contribution is -0.0109. The summed E-state index contributed by atoms with van der Waals surface area (Å²) in [5.74, 6) is 0. The summed E-state index contributed by atoms with van der Waals surface area (Å²) < 4.78 is 5.88. The highest BCUT2D eigenvalue weighted by molar-refractivity contribution is 6.79. The van der Waals surface area contributed by atoms with Crippen LogP contribution in [0.2, 0.25) is 19.6 Å². The van der Waals surface area contributed by atoms with Gasteiger partial charge in [-0.3, -0.25) is 0 Å². The monoisotopic (exact) mass is 206 g/mol. The van der Waals surface area contributed by atoms with Gasteiger partial charge in [0.05, 0.1) is 13.3 Å². The van der Waals surface area contributed by atoms with E-state index in [1.54, 1.807) is 0 Å². The van der Waals surface area contributed by atoms with Gasteiger partial charge in [0.2, 0.25) is 0 Å². The number of hydrogen-bond donors (Lipinski definition) is 0. The number of halogens is 1. The molecule has 1 fully saturated rings. The lowest BCUT2D eigenvalue weighted by Gasteiger charge is -2.44. The highest BCUT2D eigenvalue weighted by Gasteiger charge is 2.43. The molecule has 1 saturated heterocycles. The largest absolute Gasteiger partial charge is 0.379 e. The third kappa shape index (κ3) is 2.04. The standard InChI is InChI=1S/C9H19ClOSi/c1-9(12(2,3)4)7-8(10)5-6-11-9/h8H,5-7H2,1-4H3. The molecule has 1 rings (SSSR count). The second kappa shape index (κ2) is 3.32. The quantitative estimate of drug-likeness (QED) is 0.474. The number of alkyl halides is 1. The molecule has 0 aromatic carbocycles. The fourth-order valence-corrected chi connectivity index (χ4v) is 3.43. The molecule has 0 saturated carbocycles. The molecule has 0 N–H and O–H groups in total. The summed E-state index contributed by atoms with van der Waals surface area (Å²) in [7, 11) is -1.23. The Balaban J connectivity index is 2.70. The summed E-state index contributed by atoms with van der Waals surface area (Å²) >= 11 is 6.15. The molecule has 1 nitrogen and oxygen atoms in total. The summed E-state index contributed by atoms with van der Waals surface area (Å²) in [6.07, 6.45) is 2.05. The molecule has 0 radical (unpaired) electrons. The molecule has 0 aromatic heterocycles. The van der Waals surface area contributed by atoms with E-state index in [0.717, 1.165) is 19.4 Å². The first-order chi connectivity index (χ1) is 5.35. The molecule has 0 spiro atoms. The zero-order valence-corrected chi connectivity index (χ0v) is 10.2. The van der Waals surface area contributed by atoms with Crippen molar-refractivity contribution in [2.75, 3.05) is 6.61 Å². The van der Waals surface area contributed by atoms with Gasteiger partial charge in [0.1, 0.15) is 0 Å². The van der Waals surface area contributed by atoms with Crippen LogP contribution in [-0.2, 0) is 4.74 Å². The minimum Gasteiger partial charge on any atom is -0.379 e. The first-order valence-electron chi connectivity index (χ1n) is 4.63. The Kier molecular flexibility index (Phi) is 2.91. The van der Waals surface area contributed by atoms with Gasteiger partial charge in [0.25, 0.3) is 0 Å². The first kappa shape index (κ1) is 10.5. The van der Waals surface area contributed by atoms with Gasteiger partial charge in [-0.1, -0.05) is 19.6 Å². The summed E-state index contributed by atoms with van der Waals surface area (Å²) in [5, 5.41) is 0.424. The van der Waals surface area contributed by atoms with Crippen molar-refractivity contribution >= 4 is 19.7 Å². The van der Waals surface area contributed by atoms with Gasteiger partial charge < -0.3 is 4.74 Å². The molecule has 2 atom stereocenters. The highest BCUT2D eigenvalue weighted by atomic mass is 35.5. The van der Waals surface area contributed by atoms with Crippen LogP contribution in [-0.4, -0.2) is 25.3 Å². The number of hydrogen-bond acceptors (Lipinski definition) is 1. The van der Waals surface area contributed by atoms with E-state index in [-0.39, 0.29) is 5.22 Å². The van der Waals surface area contributed by atoms with Crippen LogP contribution in [0.1, 0.15) is 19.8 Å². The second-order valence-corrected chi connectivity index (χ2v) is 11.1. The molecule has 0 amide bonds. The van der Waals surface area contributed by atoms with Crippen LogP contribution in [0.15, 0.2) is 0 Å². The van der Waals surface area contributed by atoms with Crippen molar-refractivity contribution in [3.63, 3.8) is 0 Å². The summed E-state index contributed by atoms with van der Waals surface area (Å²) in [4.78, 5) is 0. The smallest absolute Gasteiger partial charge is 0.0821 e. The zero-order chi connectivity index (χ0) is 9.41. The van der Waals surface area contributed by atoms with Crippen molar-refractivity contribution in [2.45, 2.75) is 50.0 Å². The van der Waals surface area contributed by atoms with Gasteiger partial charge in [0, 0.05) is 12.0 Å². The lowest BCUT2D eigenvalue weighted by atomic mass is 10.1. The van der Waals surface area contributed by atoms with E-state index in [9.17, 15) is 0 Å². The highest BCUT2D eigenvalue weighted by Crippen LogP contribution is 2.35. The average Bonchev–Trinajstić information content (AvgIpc) is 1.83. The van der Waals surface area contributed by atoms with Crippen LogP contribution in [0.3, 0.4) is 0 Å². The maximum Gasteiger partial charge on any atom is 0.0821 e. The van der Waals surface area contributed by atoms with E-state index in [1.165, 1.54) is 0 Å². The van der Waals surface area contributed by atoms with Crippen LogP contribution in [0, 0.1) is 0 Å². The van der Waals surface area contributed by atoms with E-state index < -0.39 is 8.07 Å². The van der Waals surface area contributed by atoms with E-state index in [4.69, 9.17) is 16.3 Å². The van der Waals surface area contributed by atoms with Gasteiger partial charge in [-0.2, -0.15) is 0 Å². The Hall–Kier alpha value is 0.467. The predicted octanol–water partition coefficient (Wildman–Crippen LogP) is 3.04. The minimum atomic E-state index is -1.23. The molecule has 12 heavy (non-hydrogen) atoms. The zero-order valence-electron chi connectivity index (χ0n) is 8.48. The van der Waals surface area contributed by atoms with E-state index >= 15 is 0 Å². The van der Waals surface area contributed by atoms with Crippen molar-refractivity contribution in [3.05, 3.63) is 0 Å². The molecule has 3 heteroatoms. The SMILES string of the molecule is CC1([Si](C)(C)C)CC(Cl)CCO1. The van der Waals surface area contributed by atoms with Gasteiger partial charge in [-0.05, 0) is 19.8 Å². The second-order valence-electron chi connectivity index (χ2n) is 4.92. The maximum atomic E-state index is 6.15. The van der Waals surface area contributed by atoms with Crippen molar-refractivity contribution in [2.24, 2.45) is 0 Å². The molecule has 0 aliphatic carbocycles. The average molecular weight is 207 g/mol. The Labute approximate surface area is 81.5 Å². The van der Waals surface area contributed by atoms with Crippen LogP contribution in [0.25, 0.3) is 0 Å². The van der Waals surface area contributed by atoms with Crippen molar-refractivity contribution in [1.29, 1.82) is 0 Å². The fraction of sp³-hybridized carbons (Fsp3) is 1.00. The van der Waals surface area contributed by atoms with Gasteiger partial charge in [-0.15, -0.1) is 11.6 Å². The van der Waals surface area contributed by atoms with Gasteiger partial charge in [-0.25, -0.2) is 0 Å². The molecule has 1 aliphatic heterocycles. The normalized spacial score (nSPS) is 38.2. The first-order valence-corrected chi connectivity index (χ1v) is 8.57. The van der Waals surface area contributed by atoms with Gasteiger partial charge >= 0.3 is 0 Å². The Bertz CT molecular complexity index is 166.